The molecule has 0 amide bonds. The van der Waals surface area contributed by atoms with E-state index >= 15 is 0 Å². The second-order valence-electron chi connectivity index (χ2n) is 3.04. The van der Waals surface area contributed by atoms with Crippen LogP contribution in [0.5, 0.6) is 0 Å². The Labute approximate surface area is 93.8 Å². The Hall–Kier alpha value is -0.440. The molecule has 0 aromatic heterocycles. The van der Waals surface area contributed by atoms with Gasteiger partial charge in [0.2, 0.25) is 0 Å². The van der Waals surface area contributed by atoms with Gasteiger partial charge >= 0.3 is 0 Å². The second kappa shape index (κ2) is 5.44. The smallest absolute Gasteiger partial charge is 0.0823 e. The van der Waals surface area contributed by atoms with Gasteiger partial charge in [0.1, 0.15) is 0 Å². The number of aliphatic hydroxyl groups excluding tert-OH is 1. The van der Waals surface area contributed by atoms with E-state index in [0.717, 1.165) is 5.69 Å². The molecule has 14 heavy (non-hydrogen) atoms. The molecule has 0 aliphatic rings. The average molecular weight is 234 g/mol. The second-order valence-corrected chi connectivity index (χ2v) is 3.83. The zero-order valence-corrected chi connectivity index (χ0v) is 9.44. The number of anilines is 1. The van der Waals surface area contributed by atoms with Crippen LogP contribution in [0, 0.1) is 0 Å². The number of aliphatic hydroxyl groups is 1. The molecule has 1 aromatic carbocycles. The fourth-order valence-corrected chi connectivity index (χ4v) is 1.38. The Kier molecular flexibility index (Phi) is 4.52. The standard InChI is InChI=1S/C10H13Cl2NO/c1-2-7(14)6-13-9-5-3-4-8(11)10(9)12/h3-5,7,13-14H,2,6H2,1H3/t7-/m0/s1. The van der Waals surface area contributed by atoms with Crippen LogP contribution in [-0.4, -0.2) is 17.8 Å². The van der Waals surface area contributed by atoms with E-state index in [4.69, 9.17) is 23.2 Å². The van der Waals surface area contributed by atoms with E-state index in [9.17, 15) is 5.11 Å². The topological polar surface area (TPSA) is 32.3 Å². The molecule has 1 rings (SSSR count). The first-order chi connectivity index (χ1) is 6.65. The van der Waals surface area contributed by atoms with Crippen LogP contribution >= 0.6 is 23.2 Å². The molecule has 78 valence electrons. The first-order valence-electron chi connectivity index (χ1n) is 4.51. The highest BCUT2D eigenvalue weighted by Crippen LogP contribution is 2.29. The molecule has 0 fully saturated rings. The van der Waals surface area contributed by atoms with Gasteiger partial charge in [-0.15, -0.1) is 0 Å². The van der Waals surface area contributed by atoms with E-state index in [0.29, 0.717) is 23.0 Å². The molecule has 0 aliphatic heterocycles. The van der Waals surface area contributed by atoms with Gasteiger partial charge in [-0.2, -0.15) is 0 Å². The largest absolute Gasteiger partial charge is 0.391 e. The molecular weight excluding hydrogens is 221 g/mol. The van der Waals surface area contributed by atoms with Crippen molar-refractivity contribution in [2.45, 2.75) is 19.4 Å². The van der Waals surface area contributed by atoms with Crippen molar-refractivity contribution in [3.63, 3.8) is 0 Å². The lowest BCUT2D eigenvalue weighted by atomic mass is 10.2. The first kappa shape index (κ1) is 11.6. The SMILES string of the molecule is CC[C@H](O)CNc1cccc(Cl)c1Cl. The maximum atomic E-state index is 9.34. The zero-order chi connectivity index (χ0) is 10.6. The number of hydrogen-bond acceptors (Lipinski definition) is 2. The quantitative estimate of drug-likeness (QED) is 0.838. The van der Waals surface area contributed by atoms with Crippen LogP contribution in [0.25, 0.3) is 0 Å². The van der Waals surface area contributed by atoms with Crippen molar-refractivity contribution in [3.8, 4) is 0 Å². The first-order valence-corrected chi connectivity index (χ1v) is 5.26. The molecule has 0 aliphatic carbocycles. The Bertz CT molecular complexity index is 304. The van der Waals surface area contributed by atoms with E-state index < -0.39 is 0 Å². The molecule has 1 aromatic rings. The molecular formula is C10H13Cl2NO. The highest BCUT2D eigenvalue weighted by atomic mass is 35.5. The molecule has 2 N–H and O–H groups in total. The monoisotopic (exact) mass is 233 g/mol. The highest BCUT2D eigenvalue weighted by Gasteiger charge is 2.05. The van der Waals surface area contributed by atoms with E-state index in [1.54, 1.807) is 6.07 Å². The maximum Gasteiger partial charge on any atom is 0.0823 e. The fraction of sp³-hybridized carbons (Fsp3) is 0.400. The van der Waals surface area contributed by atoms with Crippen LogP contribution in [0.3, 0.4) is 0 Å². The lowest BCUT2D eigenvalue weighted by Crippen LogP contribution is -2.18. The van der Waals surface area contributed by atoms with Crippen molar-refractivity contribution in [2.24, 2.45) is 0 Å². The molecule has 0 unspecified atom stereocenters. The summed E-state index contributed by atoms with van der Waals surface area (Å²) in [4.78, 5) is 0. The molecule has 1 atom stereocenters. The van der Waals surface area contributed by atoms with E-state index in [1.807, 2.05) is 19.1 Å². The van der Waals surface area contributed by atoms with Gasteiger partial charge in [-0.1, -0.05) is 36.2 Å². The van der Waals surface area contributed by atoms with Gasteiger partial charge in [0.15, 0.2) is 0 Å². The number of hydrogen-bond donors (Lipinski definition) is 2. The fourth-order valence-electron chi connectivity index (χ4n) is 1.01. The summed E-state index contributed by atoms with van der Waals surface area (Å²) in [5, 5.41) is 13.4. The molecule has 0 radical (unpaired) electrons. The van der Waals surface area contributed by atoms with Crippen molar-refractivity contribution in [3.05, 3.63) is 28.2 Å². The van der Waals surface area contributed by atoms with Gasteiger partial charge in [0.25, 0.3) is 0 Å². The summed E-state index contributed by atoms with van der Waals surface area (Å²) < 4.78 is 0. The predicted octanol–water partition coefficient (Wildman–Crippen LogP) is 3.18. The Balaban J connectivity index is 2.63. The van der Waals surface area contributed by atoms with Crippen LogP contribution in [0.2, 0.25) is 10.0 Å². The van der Waals surface area contributed by atoms with Gasteiger partial charge in [-0.3, -0.25) is 0 Å². The normalized spacial score (nSPS) is 12.6. The van der Waals surface area contributed by atoms with Crippen molar-refractivity contribution in [1.29, 1.82) is 0 Å². The van der Waals surface area contributed by atoms with Crippen molar-refractivity contribution in [2.75, 3.05) is 11.9 Å². The third kappa shape index (κ3) is 3.05. The van der Waals surface area contributed by atoms with Crippen molar-refractivity contribution >= 4 is 28.9 Å². The summed E-state index contributed by atoms with van der Waals surface area (Å²) in [5.41, 5.74) is 0.756. The average Bonchev–Trinajstić information content (AvgIpc) is 2.20. The van der Waals surface area contributed by atoms with Crippen LogP contribution < -0.4 is 5.32 Å². The lowest BCUT2D eigenvalue weighted by Gasteiger charge is -2.12. The van der Waals surface area contributed by atoms with Gasteiger partial charge in [-0.25, -0.2) is 0 Å². The van der Waals surface area contributed by atoms with Gasteiger partial charge in [0, 0.05) is 6.54 Å². The summed E-state index contributed by atoms with van der Waals surface area (Å²) in [6.07, 6.45) is 0.357. The molecule has 0 saturated carbocycles. The highest BCUT2D eigenvalue weighted by molar-refractivity contribution is 6.43. The number of rotatable bonds is 4. The molecule has 2 nitrogen and oxygen atoms in total. The maximum absolute atomic E-state index is 9.34. The molecule has 0 saturated heterocycles. The third-order valence-corrected chi connectivity index (χ3v) is 2.77. The predicted molar refractivity (Wildman–Crippen MR) is 61.2 cm³/mol. The van der Waals surface area contributed by atoms with Gasteiger partial charge < -0.3 is 10.4 Å². The van der Waals surface area contributed by atoms with E-state index in [1.165, 1.54) is 0 Å². The minimum absolute atomic E-state index is 0.356. The minimum atomic E-state index is -0.356. The minimum Gasteiger partial charge on any atom is -0.391 e. The van der Waals surface area contributed by atoms with Crippen molar-refractivity contribution in [1.82, 2.24) is 0 Å². The molecule has 0 bridgehead atoms. The summed E-state index contributed by atoms with van der Waals surface area (Å²) in [7, 11) is 0. The lowest BCUT2D eigenvalue weighted by molar-refractivity contribution is 0.183. The molecule has 0 heterocycles. The molecule has 0 spiro atoms. The Morgan fingerprint density at radius 1 is 1.43 bits per heavy atom. The van der Waals surface area contributed by atoms with Gasteiger partial charge in [-0.05, 0) is 18.6 Å². The van der Waals surface area contributed by atoms with Crippen LogP contribution in [0.1, 0.15) is 13.3 Å². The zero-order valence-electron chi connectivity index (χ0n) is 7.93. The number of benzene rings is 1. The van der Waals surface area contributed by atoms with Gasteiger partial charge in [0.05, 0.1) is 21.8 Å². The number of nitrogens with one attached hydrogen (secondary N) is 1. The molecule has 4 heteroatoms. The van der Waals surface area contributed by atoms with E-state index in [2.05, 4.69) is 5.32 Å². The Morgan fingerprint density at radius 3 is 2.79 bits per heavy atom. The third-order valence-electron chi connectivity index (χ3n) is 1.95. The number of halogens is 2. The summed E-state index contributed by atoms with van der Waals surface area (Å²) in [5.74, 6) is 0. The van der Waals surface area contributed by atoms with E-state index in [-0.39, 0.29) is 6.10 Å². The van der Waals surface area contributed by atoms with Crippen LogP contribution in [-0.2, 0) is 0 Å². The summed E-state index contributed by atoms with van der Waals surface area (Å²) in [6, 6.07) is 5.37. The summed E-state index contributed by atoms with van der Waals surface area (Å²) >= 11 is 11.8. The van der Waals surface area contributed by atoms with Crippen LogP contribution in [0.4, 0.5) is 5.69 Å². The summed E-state index contributed by atoms with van der Waals surface area (Å²) in [6.45, 7) is 2.41. The Morgan fingerprint density at radius 2 is 2.14 bits per heavy atom. The van der Waals surface area contributed by atoms with Crippen LogP contribution in [0.15, 0.2) is 18.2 Å². The van der Waals surface area contributed by atoms with Crippen molar-refractivity contribution < 1.29 is 5.11 Å².